The first-order valence-electron chi connectivity index (χ1n) is 11.0. The minimum absolute atomic E-state index is 0.0959. The van der Waals surface area contributed by atoms with Crippen LogP contribution in [-0.2, 0) is 13.6 Å². The van der Waals surface area contributed by atoms with E-state index in [4.69, 9.17) is 4.98 Å². The largest absolute Gasteiger partial charge is 0.343 e. The third kappa shape index (κ3) is 3.98. The van der Waals surface area contributed by atoms with Gasteiger partial charge < -0.3 is 14.5 Å². The highest BCUT2D eigenvalue weighted by Gasteiger charge is 2.25. The van der Waals surface area contributed by atoms with Crippen LogP contribution >= 0.6 is 11.3 Å². The SMILES string of the molecule is Cc1cc(C(=O)NC(c2ccccc2)c2nc3ccccc3n2C)c(C)n1Cc1cccs1. The summed E-state index contributed by atoms with van der Waals surface area (Å²) in [6.45, 7) is 4.84. The molecule has 0 aliphatic carbocycles. The number of carbonyl (C=O) groups excluding carboxylic acids is 1. The molecule has 5 aromatic rings. The summed E-state index contributed by atoms with van der Waals surface area (Å²) in [5.41, 5.74) is 5.69. The highest BCUT2D eigenvalue weighted by atomic mass is 32.1. The number of aryl methyl sites for hydroxylation is 2. The van der Waals surface area contributed by atoms with Crippen LogP contribution in [0.15, 0.2) is 78.2 Å². The first-order chi connectivity index (χ1) is 16.0. The topological polar surface area (TPSA) is 51.9 Å². The van der Waals surface area contributed by atoms with E-state index in [1.807, 2.05) is 74.6 Å². The Balaban J connectivity index is 1.51. The zero-order valence-electron chi connectivity index (χ0n) is 18.9. The zero-order chi connectivity index (χ0) is 22.9. The number of carbonyl (C=O) groups is 1. The summed E-state index contributed by atoms with van der Waals surface area (Å²) < 4.78 is 4.26. The molecule has 2 aromatic carbocycles. The second kappa shape index (κ2) is 8.71. The molecular formula is C27H26N4OS. The van der Waals surface area contributed by atoms with Crippen LogP contribution in [0.3, 0.4) is 0 Å². The van der Waals surface area contributed by atoms with Crippen molar-refractivity contribution in [3.05, 3.63) is 111 Å². The molecule has 33 heavy (non-hydrogen) atoms. The van der Waals surface area contributed by atoms with E-state index < -0.39 is 0 Å². The summed E-state index contributed by atoms with van der Waals surface area (Å²) >= 11 is 1.73. The van der Waals surface area contributed by atoms with Crippen LogP contribution in [0.25, 0.3) is 11.0 Å². The average molecular weight is 455 g/mol. The highest BCUT2D eigenvalue weighted by Crippen LogP contribution is 2.26. The molecule has 3 heterocycles. The van der Waals surface area contributed by atoms with E-state index >= 15 is 0 Å². The number of nitrogens with one attached hydrogen (secondary N) is 1. The molecule has 1 N–H and O–H groups in total. The number of hydrogen-bond acceptors (Lipinski definition) is 3. The normalized spacial score (nSPS) is 12.2. The van der Waals surface area contributed by atoms with Crippen molar-refractivity contribution in [3.63, 3.8) is 0 Å². The van der Waals surface area contributed by atoms with Crippen LogP contribution in [0.2, 0.25) is 0 Å². The molecule has 0 saturated heterocycles. The number of fused-ring (bicyclic) bond motifs is 1. The molecule has 0 spiro atoms. The standard InChI is InChI=1S/C27H26N4OS/c1-18-16-22(19(2)31(18)17-21-12-9-15-33-21)27(32)29-25(20-10-5-4-6-11-20)26-28-23-13-7-8-14-24(23)30(26)3/h4-16,25H,17H2,1-3H3,(H,29,32). The molecule has 1 amide bonds. The van der Waals surface area contributed by atoms with Crippen LogP contribution < -0.4 is 5.32 Å². The summed E-state index contributed by atoms with van der Waals surface area (Å²) in [6, 6.07) is 23.9. The molecule has 166 valence electrons. The smallest absolute Gasteiger partial charge is 0.253 e. The molecule has 0 aliphatic heterocycles. The second-order valence-corrected chi connectivity index (χ2v) is 9.32. The summed E-state index contributed by atoms with van der Waals surface area (Å²) in [5.74, 6) is 0.713. The highest BCUT2D eigenvalue weighted by molar-refractivity contribution is 7.09. The predicted molar refractivity (Wildman–Crippen MR) is 134 cm³/mol. The molecule has 0 radical (unpaired) electrons. The molecule has 5 nitrogen and oxygen atoms in total. The van der Waals surface area contributed by atoms with Gasteiger partial charge in [0.1, 0.15) is 11.9 Å². The molecular weight excluding hydrogens is 428 g/mol. The number of imidazole rings is 1. The zero-order valence-corrected chi connectivity index (χ0v) is 19.8. The number of aromatic nitrogens is 3. The maximum atomic E-state index is 13.6. The Morgan fingerprint density at radius 3 is 2.52 bits per heavy atom. The van der Waals surface area contributed by atoms with Crippen LogP contribution in [-0.4, -0.2) is 20.0 Å². The van der Waals surface area contributed by atoms with Crippen LogP contribution in [0.4, 0.5) is 0 Å². The maximum absolute atomic E-state index is 13.6. The van der Waals surface area contributed by atoms with Crippen molar-refractivity contribution in [3.8, 4) is 0 Å². The molecule has 5 rings (SSSR count). The van der Waals surface area contributed by atoms with Crippen molar-refractivity contribution < 1.29 is 4.79 Å². The first kappa shape index (κ1) is 21.2. The molecule has 0 saturated carbocycles. The predicted octanol–water partition coefficient (Wildman–Crippen LogP) is 5.62. The van der Waals surface area contributed by atoms with Crippen LogP contribution in [0.5, 0.6) is 0 Å². The quantitative estimate of drug-likeness (QED) is 0.362. The van der Waals surface area contributed by atoms with Gasteiger partial charge in [0.25, 0.3) is 5.91 Å². The lowest BCUT2D eigenvalue weighted by molar-refractivity contribution is 0.0940. The number of hydrogen-bond donors (Lipinski definition) is 1. The first-order valence-corrected chi connectivity index (χ1v) is 11.9. The van der Waals surface area contributed by atoms with Gasteiger partial charge in [-0.05, 0) is 49.1 Å². The Labute approximate surface area is 197 Å². The van der Waals surface area contributed by atoms with Crippen LogP contribution in [0.1, 0.15) is 44.1 Å². The minimum Gasteiger partial charge on any atom is -0.343 e. The molecule has 0 aliphatic rings. The van der Waals surface area contributed by atoms with E-state index in [1.165, 1.54) is 4.88 Å². The molecule has 0 bridgehead atoms. The van der Waals surface area contributed by atoms with Gasteiger partial charge >= 0.3 is 0 Å². The average Bonchev–Trinajstić information content (AvgIpc) is 3.54. The molecule has 1 unspecified atom stereocenters. The van der Waals surface area contributed by atoms with Crippen molar-refractivity contribution in [1.29, 1.82) is 0 Å². The number of thiophene rings is 1. The maximum Gasteiger partial charge on any atom is 0.253 e. The summed E-state index contributed by atoms with van der Waals surface area (Å²) in [4.78, 5) is 19.7. The van der Waals surface area contributed by atoms with Crippen molar-refractivity contribution >= 4 is 28.3 Å². The lowest BCUT2D eigenvalue weighted by Gasteiger charge is -2.19. The minimum atomic E-state index is -0.364. The number of benzene rings is 2. The summed E-state index contributed by atoms with van der Waals surface area (Å²) in [6.07, 6.45) is 0. The summed E-state index contributed by atoms with van der Waals surface area (Å²) in [7, 11) is 2.00. The Morgan fingerprint density at radius 1 is 1.03 bits per heavy atom. The van der Waals surface area contributed by atoms with E-state index in [2.05, 4.69) is 38.9 Å². The lowest BCUT2D eigenvalue weighted by Crippen LogP contribution is -2.31. The Morgan fingerprint density at radius 2 is 1.79 bits per heavy atom. The van der Waals surface area contributed by atoms with Gasteiger partial charge in [0, 0.05) is 23.3 Å². The number of nitrogens with zero attached hydrogens (tertiary/aromatic N) is 3. The lowest BCUT2D eigenvalue weighted by atomic mass is 10.1. The number of amides is 1. The van der Waals surface area contributed by atoms with E-state index in [-0.39, 0.29) is 11.9 Å². The van der Waals surface area contributed by atoms with E-state index in [0.717, 1.165) is 40.4 Å². The third-order valence-corrected chi connectivity index (χ3v) is 7.06. The van der Waals surface area contributed by atoms with E-state index in [9.17, 15) is 4.79 Å². The van der Waals surface area contributed by atoms with Gasteiger partial charge in [-0.25, -0.2) is 4.98 Å². The molecule has 6 heteroatoms. The third-order valence-electron chi connectivity index (χ3n) is 6.20. The van der Waals surface area contributed by atoms with E-state index in [1.54, 1.807) is 11.3 Å². The van der Waals surface area contributed by atoms with Gasteiger partial charge in [-0.1, -0.05) is 48.5 Å². The summed E-state index contributed by atoms with van der Waals surface area (Å²) in [5, 5.41) is 5.36. The monoisotopic (exact) mass is 454 g/mol. The van der Waals surface area contributed by atoms with Gasteiger partial charge in [-0.15, -0.1) is 11.3 Å². The number of para-hydroxylation sites is 2. The van der Waals surface area contributed by atoms with Gasteiger partial charge in [0.15, 0.2) is 0 Å². The molecule has 1 atom stereocenters. The van der Waals surface area contributed by atoms with Crippen molar-refractivity contribution in [1.82, 2.24) is 19.4 Å². The fourth-order valence-electron chi connectivity index (χ4n) is 4.41. The van der Waals surface area contributed by atoms with Gasteiger partial charge in [-0.2, -0.15) is 0 Å². The van der Waals surface area contributed by atoms with Gasteiger partial charge in [0.05, 0.1) is 23.1 Å². The fraction of sp³-hybridized carbons (Fsp3) is 0.185. The fourth-order valence-corrected chi connectivity index (χ4v) is 5.10. The van der Waals surface area contributed by atoms with Crippen molar-refractivity contribution in [2.45, 2.75) is 26.4 Å². The van der Waals surface area contributed by atoms with Crippen molar-refractivity contribution in [2.24, 2.45) is 7.05 Å². The Bertz CT molecular complexity index is 1410. The molecule has 0 fully saturated rings. The Kier molecular flexibility index (Phi) is 5.60. The van der Waals surface area contributed by atoms with Crippen LogP contribution in [0, 0.1) is 13.8 Å². The van der Waals surface area contributed by atoms with Crippen molar-refractivity contribution in [2.75, 3.05) is 0 Å². The van der Waals surface area contributed by atoms with Gasteiger partial charge in [-0.3, -0.25) is 4.79 Å². The molecule has 3 aromatic heterocycles. The van der Waals surface area contributed by atoms with E-state index in [0.29, 0.717) is 5.56 Å². The number of rotatable bonds is 6. The second-order valence-electron chi connectivity index (χ2n) is 8.29. The van der Waals surface area contributed by atoms with Gasteiger partial charge in [0.2, 0.25) is 0 Å². The Hall–Kier alpha value is -3.64.